The Kier molecular flexibility index (Phi) is 4.04. The second-order valence-electron chi connectivity index (χ2n) is 7.04. The predicted octanol–water partition coefficient (Wildman–Crippen LogP) is 2.28. The predicted molar refractivity (Wildman–Crippen MR) is 78.3 cm³/mol. The molecule has 2 aliphatic heterocycles. The van der Waals surface area contributed by atoms with E-state index in [9.17, 15) is 4.79 Å². The normalized spacial score (nSPS) is 33.0. The number of hydrogen-bond acceptors (Lipinski definition) is 3. The topological polar surface area (TPSA) is 41.6 Å². The maximum absolute atomic E-state index is 12.9. The number of amides is 1. The second kappa shape index (κ2) is 5.64. The van der Waals surface area contributed by atoms with Gasteiger partial charge in [-0.25, -0.2) is 0 Å². The van der Waals surface area contributed by atoms with E-state index in [1.54, 1.807) is 0 Å². The van der Waals surface area contributed by atoms with Crippen molar-refractivity contribution in [2.75, 3.05) is 13.2 Å². The lowest BCUT2D eigenvalue weighted by atomic mass is 9.98. The minimum Gasteiger partial charge on any atom is -0.378 e. The molecule has 3 rings (SSSR count). The summed E-state index contributed by atoms with van der Waals surface area (Å²) in [7, 11) is 0. The van der Waals surface area contributed by atoms with Crippen molar-refractivity contribution in [3.8, 4) is 0 Å². The first-order chi connectivity index (χ1) is 9.62. The molecule has 1 saturated carbocycles. The molecule has 4 heteroatoms. The van der Waals surface area contributed by atoms with Gasteiger partial charge in [0, 0.05) is 13.2 Å². The van der Waals surface area contributed by atoms with E-state index in [0.29, 0.717) is 17.9 Å². The highest BCUT2D eigenvalue weighted by Crippen LogP contribution is 2.38. The van der Waals surface area contributed by atoms with Crippen LogP contribution in [0.3, 0.4) is 0 Å². The summed E-state index contributed by atoms with van der Waals surface area (Å²) >= 11 is 0. The first-order valence-corrected chi connectivity index (χ1v) is 8.33. The number of nitrogens with zero attached hydrogens (tertiary/aromatic N) is 1. The number of nitrogens with one attached hydrogen (secondary N) is 1. The highest BCUT2D eigenvalue weighted by Gasteiger charge is 2.52. The highest BCUT2D eigenvalue weighted by molar-refractivity contribution is 5.89. The first kappa shape index (κ1) is 14.3. The van der Waals surface area contributed by atoms with Gasteiger partial charge >= 0.3 is 0 Å². The monoisotopic (exact) mass is 280 g/mol. The Balaban J connectivity index is 1.67. The molecular weight excluding hydrogens is 252 g/mol. The minimum atomic E-state index is -0.231. The molecule has 0 aromatic carbocycles. The standard InChI is InChI=1S/C16H28N2O2/c1-12(2)14-17-16(8-3-4-9-16)15(19)18(14)10-7-13-6-5-11-20-13/h12-14,17H,3-11H2,1-2H3. The molecule has 2 heterocycles. The Morgan fingerprint density at radius 3 is 2.70 bits per heavy atom. The Bertz CT molecular complexity index is 357. The van der Waals surface area contributed by atoms with Crippen molar-refractivity contribution in [3.05, 3.63) is 0 Å². The van der Waals surface area contributed by atoms with Crippen LogP contribution in [0.1, 0.15) is 58.8 Å². The van der Waals surface area contributed by atoms with Gasteiger partial charge in [-0.3, -0.25) is 10.1 Å². The molecule has 4 nitrogen and oxygen atoms in total. The molecule has 1 aliphatic carbocycles. The zero-order valence-electron chi connectivity index (χ0n) is 12.9. The van der Waals surface area contributed by atoms with Gasteiger partial charge in [0.05, 0.1) is 17.8 Å². The van der Waals surface area contributed by atoms with Gasteiger partial charge in [-0.2, -0.15) is 0 Å². The van der Waals surface area contributed by atoms with Crippen LogP contribution >= 0.6 is 0 Å². The average Bonchev–Trinajstić information content (AvgIpc) is 3.13. The maximum atomic E-state index is 12.9. The van der Waals surface area contributed by atoms with E-state index in [0.717, 1.165) is 38.8 Å². The Morgan fingerprint density at radius 1 is 1.35 bits per heavy atom. The third-order valence-corrected chi connectivity index (χ3v) is 5.23. The third kappa shape index (κ3) is 2.48. The van der Waals surface area contributed by atoms with Gasteiger partial charge in [0.1, 0.15) is 0 Å². The lowest BCUT2D eigenvalue weighted by Gasteiger charge is -2.28. The van der Waals surface area contributed by atoms with Gasteiger partial charge < -0.3 is 9.64 Å². The van der Waals surface area contributed by atoms with E-state index >= 15 is 0 Å². The van der Waals surface area contributed by atoms with Gasteiger partial charge in [0.25, 0.3) is 0 Å². The zero-order valence-corrected chi connectivity index (χ0v) is 12.9. The van der Waals surface area contributed by atoms with Gasteiger partial charge in [-0.1, -0.05) is 26.7 Å². The van der Waals surface area contributed by atoms with Crippen LogP contribution in [-0.2, 0) is 9.53 Å². The summed E-state index contributed by atoms with van der Waals surface area (Å²) < 4.78 is 5.70. The summed E-state index contributed by atoms with van der Waals surface area (Å²) in [5.41, 5.74) is -0.231. The quantitative estimate of drug-likeness (QED) is 0.859. The molecule has 1 N–H and O–H groups in total. The van der Waals surface area contributed by atoms with Crippen molar-refractivity contribution in [3.63, 3.8) is 0 Å². The molecular formula is C16H28N2O2. The fourth-order valence-electron chi connectivity index (χ4n) is 4.08. The summed E-state index contributed by atoms with van der Waals surface area (Å²) in [6.45, 7) is 6.16. The molecule has 0 radical (unpaired) electrons. The fraction of sp³-hybridized carbons (Fsp3) is 0.938. The van der Waals surface area contributed by atoms with E-state index in [-0.39, 0.29) is 11.7 Å². The van der Waals surface area contributed by atoms with Crippen LogP contribution < -0.4 is 5.32 Å². The van der Waals surface area contributed by atoms with E-state index in [2.05, 4.69) is 24.1 Å². The molecule has 0 bridgehead atoms. The zero-order chi connectivity index (χ0) is 14.2. The molecule has 3 aliphatic rings. The largest absolute Gasteiger partial charge is 0.378 e. The molecule has 1 spiro atoms. The molecule has 1 amide bonds. The molecule has 0 aromatic rings. The Hall–Kier alpha value is -0.610. The Morgan fingerprint density at radius 2 is 2.10 bits per heavy atom. The lowest BCUT2D eigenvalue weighted by molar-refractivity contribution is -0.133. The number of carbonyl (C=O) groups is 1. The number of ether oxygens (including phenoxy) is 1. The Labute approximate surface area is 122 Å². The van der Waals surface area contributed by atoms with Crippen molar-refractivity contribution in [1.82, 2.24) is 10.2 Å². The van der Waals surface area contributed by atoms with Crippen molar-refractivity contribution in [2.45, 2.75) is 76.6 Å². The first-order valence-electron chi connectivity index (χ1n) is 8.33. The van der Waals surface area contributed by atoms with Crippen molar-refractivity contribution < 1.29 is 9.53 Å². The molecule has 2 saturated heterocycles. The van der Waals surface area contributed by atoms with Crippen molar-refractivity contribution in [1.29, 1.82) is 0 Å². The summed E-state index contributed by atoms with van der Waals surface area (Å²) in [5, 5.41) is 3.68. The van der Waals surface area contributed by atoms with Crippen molar-refractivity contribution >= 4 is 5.91 Å². The smallest absolute Gasteiger partial charge is 0.244 e. The molecule has 20 heavy (non-hydrogen) atoms. The van der Waals surface area contributed by atoms with E-state index < -0.39 is 0 Å². The SMILES string of the molecule is CC(C)C1NC2(CCCC2)C(=O)N1CCC1CCCO1. The minimum absolute atomic E-state index is 0.210. The molecule has 2 atom stereocenters. The molecule has 0 aromatic heterocycles. The van der Waals surface area contributed by atoms with Crippen LogP contribution in [0.5, 0.6) is 0 Å². The van der Waals surface area contributed by atoms with Crippen LogP contribution in [0, 0.1) is 5.92 Å². The summed E-state index contributed by atoms with van der Waals surface area (Å²) in [5.74, 6) is 0.815. The third-order valence-electron chi connectivity index (χ3n) is 5.23. The molecule has 114 valence electrons. The van der Waals surface area contributed by atoms with E-state index in [1.807, 2.05) is 0 Å². The fourth-order valence-corrected chi connectivity index (χ4v) is 4.08. The number of carbonyl (C=O) groups excluding carboxylic acids is 1. The van der Waals surface area contributed by atoms with Crippen LogP contribution in [-0.4, -0.2) is 41.8 Å². The van der Waals surface area contributed by atoms with Gasteiger partial charge in [-0.15, -0.1) is 0 Å². The van der Waals surface area contributed by atoms with Gasteiger partial charge in [0.15, 0.2) is 0 Å². The highest BCUT2D eigenvalue weighted by atomic mass is 16.5. The van der Waals surface area contributed by atoms with Gasteiger partial charge in [0.2, 0.25) is 5.91 Å². The van der Waals surface area contributed by atoms with Crippen LogP contribution in [0.2, 0.25) is 0 Å². The van der Waals surface area contributed by atoms with Crippen LogP contribution in [0.15, 0.2) is 0 Å². The van der Waals surface area contributed by atoms with E-state index in [1.165, 1.54) is 19.3 Å². The van der Waals surface area contributed by atoms with Crippen molar-refractivity contribution in [2.24, 2.45) is 5.92 Å². The molecule has 3 fully saturated rings. The summed E-state index contributed by atoms with van der Waals surface area (Å²) in [6.07, 6.45) is 8.31. The lowest BCUT2D eigenvalue weighted by Crippen LogP contribution is -2.45. The van der Waals surface area contributed by atoms with Gasteiger partial charge in [-0.05, 0) is 38.0 Å². The summed E-state index contributed by atoms with van der Waals surface area (Å²) in [6, 6.07) is 0. The van der Waals surface area contributed by atoms with Crippen LogP contribution in [0.4, 0.5) is 0 Å². The average molecular weight is 280 g/mol. The number of hydrogen-bond donors (Lipinski definition) is 1. The maximum Gasteiger partial charge on any atom is 0.244 e. The second-order valence-corrected chi connectivity index (χ2v) is 7.04. The summed E-state index contributed by atoms with van der Waals surface area (Å²) in [4.78, 5) is 15.0. The number of rotatable bonds is 4. The molecule has 2 unspecified atom stereocenters. The van der Waals surface area contributed by atoms with Crippen LogP contribution in [0.25, 0.3) is 0 Å². The van der Waals surface area contributed by atoms with E-state index in [4.69, 9.17) is 4.74 Å².